The molecule has 3 aromatic heterocycles. The Hall–Kier alpha value is -3.32. The summed E-state index contributed by atoms with van der Waals surface area (Å²) in [6.45, 7) is 1.57. The van der Waals surface area contributed by atoms with E-state index in [1.54, 1.807) is 0 Å². The normalized spacial score (nSPS) is 19.1. The van der Waals surface area contributed by atoms with Crippen molar-refractivity contribution in [2.75, 3.05) is 18.0 Å². The zero-order chi connectivity index (χ0) is 20.8. The fourth-order valence-electron chi connectivity index (χ4n) is 4.75. The van der Waals surface area contributed by atoms with Crippen molar-refractivity contribution in [2.24, 2.45) is 0 Å². The van der Waals surface area contributed by atoms with Gasteiger partial charge in [-0.2, -0.15) is 0 Å². The minimum Gasteiger partial charge on any atom is -0.393 e. The maximum Gasteiger partial charge on any atom is 0.225 e. The fourth-order valence-corrected chi connectivity index (χ4v) is 4.75. The van der Waals surface area contributed by atoms with Crippen LogP contribution in [0, 0.1) is 0 Å². The van der Waals surface area contributed by atoms with Crippen LogP contribution in [0.2, 0.25) is 0 Å². The molecule has 31 heavy (non-hydrogen) atoms. The Balaban J connectivity index is 1.33. The van der Waals surface area contributed by atoms with E-state index >= 15 is 0 Å². The third-order valence-corrected chi connectivity index (χ3v) is 6.43. The molecule has 1 aromatic carbocycles. The van der Waals surface area contributed by atoms with Gasteiger partial charge in [0.25, 0.3) is 0 Å². The van der Waals surface area contributed by atoms with E-state index in [2.05, 4.69) is 49.8 Å². The molecular formula is C24H24N6O. The third kappa shape index (κ3) is 3.25. The van der Waals surface area contributed by atoms with E-state index in [1.165, 1.54) is 5.56 Å². The predicted molar refractivity (Wildman–Crippen MR) is 119 cm³/mol. The minimum atomic E-state index is -0.205. The molecule has 0 spiro atoms. The molecule has 0 bridgehead atoms. The van der Waals surface area contributed by atoms with E-state index in [0.717, 1.165) is 67.0 Å². The van der Waals surface area contributed by atoms with Crippen LogP contribution in [0.15, 0.2) is 54.9 Å². The van der Waals surface area contributed by atoms with Gasteiger partial charge in [-0.05, 0) is 37.0 Å². The van der Waals surface area contributed by atoms with Gasteiger partial charge in [0.1, 0.15) is 11.3 Å². The van der Waals surface area contributed by atoms with Crippen molar-refractivity contribution in [3.63, 3.8) is 0 Å². The average Bonchev–Trinajstić information content (AvgIpc) is 3.39. The van der Waals surface area contributed by atoms with Crippen LogP contribution in [0.1, 0.15) is 36.7 Å². The van der Waals surface area contributed by atoms with Crippen molar-refractivity contribution in [2.45, 2.75) is 37.8 Å². The highest BCUT2D eigenvalue weighted by Crippen LogP contribution is 2.35. The van der Waals surface area contributed by atoms with Crippen LogP contribution < -0.4 is 4.90 Å². The Morgan fingerprint density at radius 1 is 0.871 bits per heavy atom. The molecule has 0 saturated carbocycles. The number of aromatic nitrogens is 5. The van der Waals surface area contributed by atoms with Gasteiger partial charge < -0.3 is 14.6 Å². The number of aliphatic hydroxyl groups is 1. The number of aryl methyl sites for hydroxylation is 1. The first kappa shape index (κ1) is 18.4. The number of anilines is 1. The second-order valence-corrected chi connectivity index (χ2v) is 8.39. The number of hydrogen-bond donors (Lipinski definition) is 1. The van der Waals surface area contributed by atoms with Gasteiger partial charge in [0.05, 0.1) is 17.8 Å². The van der Waals surface area contributed by atoms with Crippen molar-refractivity contribution in [1.29, 1.82) is 0 Å². The number of nitrogens with zero attached hydrogens (tertiary/aromatic N) is 6. The van der Waals surface area contributed by atoms with Gasteiger partial charge in [-0.15, -0.1) is 0 Å². The molecule has 1 atom stereocenters. The number of benzene rings is 1. The molecule has 0 amide bonds. The summed E-state index contributed by atoms with van der Waals surface area (Å²) in [5.74, 6) is 1.82. The minimum absolute atomic E-state index is 0.205. The van der Waals surface area contributed by atoms with Gasteiger partial charge in [-0.3, -0.25) is 0 Å². The number of pyridine rings is 1. The SMILES string of the molecule is OC1CCN(c2ncc(-c3ccc4nc5n(c4n3)C(c3ccccc3)CC5)cn2)CC1. The lowest BCUT2D eigenvalue weighted by atomic mass is 10.0. The number of imidazole rings is 1. The summed E-state index contributed by atoms with van der Waals surface area (Å²) >= 11 is 0. The van der Waals surface area contributed by atoms with Crippen molar-refractivity contribution >= 4 is 17.1 Å². The third-order valence-electron chi connectivity index (χ3n) is 6.43. The van der Waals surface area contributed by atoms with E-state index in [9.17, 15) is 5.11 Å². The van der Waals surface area contributed by atoms with Gasteiger partial charge in [-0.25, -0.2) is 19.9 Å². The Bertz CT molecular complexity index is 1210. The lowest BCUT2D eigenvalue weighted by molar-refractivity contribution is 0.145. The van der Waals surface area contributed by atoms with E-state index in [4.69, 9.17) is 9.97 Å². The van der Waals surface area contributed by atoms with E-state index < -0.39 is 0 Å². The van der Waals surface area contributed by atoms with Crippen LogP contribution in [-0.4, -0.2) is 48.8 Å². The summed E-state index contributed by atoms with van der Waals surface area (Å²) in [6, 6.07) is 14.9. The highest BCUT2D eigenvalue weighted by atomic mass is 16.3. The van der Waals surface area contributed by atoms with Crippen molar-refractivity contribution < 1.29 is 5.11 Å². The van der Waals surface area contributed by atoms with Crippen LogP contribution in [0.5, 0.6) is 0 Å². The van der Waals surface area contributed by atoms with E-state index in [-0.39, 0.29) is 12.1 Å². The molecule has 6 rings (SSSR count). The monoisotopic (exact) mass is 412 g/mol. The quantitative estimate of drug-likeness (QED) is 0.556. The molecule has 1 unspecified atom stereocenters. The van der Waals surface area contributed by atoms with Gasteiger partial charge in [-0.1, -0.05) is 30.3 Å². The molecule has 0 aliphatic carbocycles. The molecule has 5 heterocycles. The van der Waals surface area contributed by atoms with Crippen LogP contribution in [0.25, 0.3) is 22.4 Å². The molecule has 1 N–H and O–H groups in total. The van der Waals surface area contributed by atoms with Crippen molar-refractivity contribution in [3.05, 3.63) is 66.2 Å². The molecule has 156 valence electrons. The standard InChI is InChI=1S/C24H24N6O/c31-18-10-12-29(13-11-18)24-25-14-17(15-26-24)19-6-7-20-23(28-19)30-21(8-9-22(30)27-20)16-4-2-1-3-5-16/h1-7,14-15,18,21,31H,8-13H2. The number of hydrogen-bond acceptors (Lipinski definition) is 6. The summed E-state index contributed by atoms with van der Waals surface area (Å²) in [6.07, 6.45) is 7.03. The lowest BCUT2D eigenvalue weighted by Crippen LogP contribution is -2.36. The summed E-state index contributed by atoms with van der Waals surface area (Å²) < 4.78 is 2.29. The molecule has 7 heteroatoms. The van der Waals surface area contributed by atoms with Gasteiger partial charge in [0, 0.05) is 37.5 Å². The first-order valence-electron chi connectivity index (χ1n) is 10.9. The molecule has 2 aliphatic heterocycles. The number of aliphatic hydroxyl groups excluding tert-OH is 1. The second kappa shape index (κ2) is 7.42. The van der Waals surface area contributed by atoms with E-state index in [1.807, 2.05) is 24.5 Å². The average molecular weight is 412 g/mol. The smallest absolute Gasteiger partial charge is 0.225 e. The molecule has 1 fully saturated rings. The fraction of sp³-hybridized carbons (Fsp3) is 0.333. The van der Waals surface area contributed by atoms with Crippen LogP contribution in [0.4, 0.5) is 5.95 Å². The van der Waals surface area contributed by atoms with Gasteiger partial charge in [0.15, 0.2) is 5.65 Å². The predicted octanol–water partition coefficient (Wildman–Crippen LogP) is 3.39. The van der Waals surface area contributed by atoms with Gasteiger partial charge >= 0.3 is 0 Å². The van der Waals surface area contributed by atoms with Crippen molar-refractivity contribution in [1.82, 2.24) is 24.5 Å². The Kier molecular flexibility index (Phi) is 4.42. The Morgan fingerprint density at radius 3 is 2.42 bits per heavy atom. The van der Waals surface area contributed by atoms with E-state index in [0.29, 0.717) is 5.95 Å². The zero-order valence-corrected chi connectivity index (χ0v) is 17.2. The molecule has 4 aromatic rings. The highest BCUT2D eigenvalue weighted by molar-refractivity contribution is 5.76. The van der Waals surface area contributed by atoms with Crippen LogP contribution in [0.3, 0.4) is 0 Å². The molecule has 0 radical (unpaired) electrons. The maximum atomic E-state index is 9.71. The number of piperidine rings is 1. The Labute approximate surface area is 180 Å². The first-order valence-corrected chi connectivity index (χ1v) is 10.9. The summed E-state index contributed by atoms with van der Waals surface area (Å²) in [5.41, 5.74) is 4.91. The molecule has 2 aliphatic rings. The van der Waals surface area contributed by atoms with Crippen LogP contribution >= 0.6 is 0 Å². The summed E-state index contributed by atoms with van der Waals surface area (Å²) in [4.78, 5) is 21.1. The highest BCUT2D eigenvalue weighted by Gasteiger charge is 2.28. The van der Waals surface area contributed by atoms with Crippen LogP contribution in [-0.2, 0) is 6.42 Å². The number of rotatable bonds is 3. The zero-order valence-electron chi connectivity index (χ0n) is 17.2. The first-order chi connectivity index (χ1) is 15.3. The topological polar surface area (TPSA) is 80.0 Å². The van der Waals surface area contributed by atoms with Gasteiger partial charge in [0.2, 0.25) is 5.95 Å². The lowest BCUT2D eigenvalue weighted by Gasteiger charge is -2.29. The maximum absolute atomic E-state index is 9.71. The van der Waals surface area contributed by atoms with Crippen molar-refractivity contribution in [3.8, 4) is 11.3 Å². The summed E-state index contributed by atoms with van der Waals surface area (Å²) in [5, 5.41) is 9.71. The largest absolute Gasteiger partial charge is 0.393 e. The Morgan fingerprint density at radius 2 is 1.65 bits per heavy atom. The second-order valence-electron chi connectivity index (χ2n) is 8.39. The number of fused-ring (bicyclic) bond motifs is 3. The summed E-state index contributed by atoms with van der Waals surface area (Å²) in [7, 11) is 0. The molecular weight excluding hydrogens is 388 g/mol. The molecule has 1 saturated heterocycles. The molecule has 7 nitrogen and oxygen atoms in total.